The molecule has 0 bridgehead atoms. The van der Waals surface area contributed by atoms with E-state index in [-0.39, 0.29) is 11.2 Å². The van der Waals surface area contributed by atoms with Gasteiger partial charge in [0, 0.05) is 9.90 Å². The van der Waals surface area contributed by atoms with E-state index in [0.29, 0.717) is 5.02 Å². The second kappa shape index (κ2) is 5.91. The molecule has 0 N–H and O–H groups in total. The summed E-state index contributed by atoms with van der Waals surface area (Å²) in [6, 6.07) is 9.52. The largest absolute Gasteiger partial charge is 0.272 e. The van der Waals surface area contributed by atoms with Crippen LogP contribution in [0.3, 0.4) is 0 Å². The fourth-order valence-electron chi connectivity index (χ4n) is 1.20. The number of amides is 1. The molecule has 0 radical (unpaired) electrons. The first-order valence-corrected chi connectivity index (χ1v) is 8.33. The summed E-state index contributed by atoms with van der Waals surface area (Å²) in [5.41, 5.74) is 1.09. The van der Waals surface area contributed by atoms with E-state index in [1.807, 2.05) is 30.3 Å². The molecule has 2 rings (SSSR count). The zero-order valence-electron chi connectivity index (χ0n) is 8.52. The van der Waals surface area contributed by atoms with Crippen LogP contribution in [0.25, 0.3) is 10.4 Å². The summed E-state index contributed by atoms with van der Waals surface area (Å²) >= 11 is 8.91. The summed E-state index contributed by atoms with van der Waals surface area (Å²) in [6.07, 6.45) is 0. The molecule has 17 heavy (non-hydrogen) atoms. The maximum absolute atomic E-state index is 11.2. The topological polar surface area (TPSA) is 29.4 Å². The van der Waals surface area contributed by atoms with Crippen molar-refractivity contribution < 1.29 is 4.79 Å². The number of hydrogen-bond donors (Lipinski definition) is 0. The molecule has 88 valence electrons. The van der Waals surface area contributed by atoms with Crippen LogP contribution in [0.4, 0.5) is 0 Å². The smallest absolute Gasteiger partial charge is 0.257 e. The van der Waals surface area contributed by atoms with Gasteiger partial charge in [0.1, 0.15) is 4.67 Å². The van der Waals surface area contributed by atoms with E-state index in [4.69, 9.17) is 11.6 Å². The van der Waals surface area contributed by atoms with Gasteiger partial charge in [-0.3, -0.25) is 4.79 Å². The van der Waals surface area contributed by atoms with Crippen molar-refractivity contribution in [3.8, 4) is 10.4 Å². The Morgan fingerprint density at radius 1 is 1.29 bits per heavy atom. The van der Waals surface area contributed by atoms with Gasteiger partial charge in [-0.1, -0.05) is 60.3 Å². The van der Waals surface area contributed by atoms with Crippen molar-refractivity contribution in [3.05, 3.63) is 40.0 Å². The molecule has 0 unspecified atom stereocenters. The predicted molar refractivity (Wildman–Crippen MR) is 77.0 cm³/mol. The van der Waals surface area contributed by atoms with Crippen LogP contribution in [0.15, 0.2) is 35.3 Å². The van der Waals surface area contributed by atoms with Crippen LogP contribution >= 0.6 is 48.2 Å². The second-order valence-corrected chi connectivity index (χ2v) is 6.35. The Kier molecular flexibility index (Phi) is 4.50. The van der Waals surface area contributed by atoms with Crippen LogP contribution in [0, 0.1) is 0 Å². The third-order valence-corrected chi connectivity index (χ3v) is 4.98. The van der Waals surface area contributed by atoms with Gasteiger partial charge in [0.15, 0.2) is 0 Å². The lowest BCUT2D eigenvalue weighted by Crippen LogP contribution is -2.01. The lowest BCUT2D eigenvalue weighted by Gasteiger charge is -1.95. The number of carbonyl (C=O) groups is 1. The summed E-state index contributed by atoms with van der Waals surface area (Å²) in [4.78, 5) is 16.2. The SMILES string of the molecule is O=C(CBr)N=c1cc(-c2ccc(Cl)cc2)ss1. The highest BCUT2D eigenvalue weighted by molar-refractivity contribution is 9.09. The van der Waals surface area contributed by atoms with E-state index in [0.717, 1.165) is 15.1 Å². The van der Waals surface area contributed by atoms with Gasteiger partial charge in [-0.05, 0) is 23.8 Å². The summed E-state index contributed by atoms with van der Waals surface area (Å²) < 4.78 is 0.740. The van der Waals surface area contributed by atoms with Crippen molar-refractivity contribution in [2.24, 2.45) is 4.99 Å². The molecule has 0 aliphatic carbocycles. The van der Waals surface area contributed by atoms with Gasteiger partial charge in [-0.2, -0.15) is 0 Å². The van der Waals surface area contributed by atoms with E-state index >= 15 is 0 Å². The van der Waals surface area contributed by atoms with Crippen LogP contribution in [0.2, 0.25) is 5.02 Å². The fourth-order valence-corrected chi connectivity index (χ4v) is 3.61. The van der Waals surface area contributed by atoms with E-state index < -0.39 is 0 Å². The summed E-state index contributed by atoms with van der Waals surface area (Å²) in [6.45, 7) is 0. The average molecular weight is 349 g/mol. The highest BCUT2D eigenvalue weighted by atomic mass is 79.9. The molecule has 0 atom stereocenters. The van der Waals surface area contributed by atoms with Crippen LogP contribution in [-0.2, 0) is 4.79 Å². The van der Waals surface area contributed by atoms with Gasteiger partial charge in [0.25, 0.3) is 5.91 Å². The van der Waals surface area contributed by atoms with Crippen molar-refractivity contribution in [1.82, 2.24) is 0 Å². The van der Waals surface area contributed by atoms with E-state index in [2.05, 4.69) is 20.9 Å². The van der Waals surface area contributed by atoms with Crippen LogP contribution in [0.5, 0.6) is 0 Å². The molecule has 1 amide bonds. The second-order valence-electron chi connectivity index (χ2n) is 3.16. The van der Waals surface area contributed by atoms with Crippen LogP contribution in [0.1, 0.15) is 0 Å². The zero-order chi connectivity index (χ0) is 12.3. The Morgan fingerprint density at radius 3 is 2.65 bits per heavy atom. The maximum atomic E-state index is 11.2. The quantitative estimate of drug-likeness (QED) is 0.597. The van der Waals surface area contributed by atoms with Gasteiger partial charge < -0.3 is 0 Å². The Bertz CT molecular complexity index is 588. The Labute approximate surface area is 119 Å². The first-order chi connectivity index (χ1) is 8.19. The number of rotatable bonds is 2. The Hall–Kier alpha value is -0.490. The monoisotopic (exact) mass is 347 g/mol. The summed E-state index contributed by atoms with van der Waals surface area (Å²) in [5.74, 6) is -0.165. The number of halogens is 2. The van der Waals surface area contributed by atoms with E-state index in [1.54, 1.807) is 10.3 Å². The molecule has 0 saturated carbocycles. The molecule has 1 aromatic heterocycles. The van der Waals surface area contributed by atoms with Crippen molar-refractivity contribution in [2.75, 3.05) is 5.33 Å². The maximum Gasteiger partial charge on any atom is 0.257 e. The first-order valence-electron chi connectivity index (χ1n) is 4.68. The molecule has 0 aliphatic rings. The molecular formula is C11H7BrClNOS2. The van der Waals surface area contributed by atoms with Crippen molar-refractivity contribution in [1.29, 1.82) is 0 Å². The molecule has 0 fully saturated rings. The lowest BCUT2D eigenvalue weighted by atomic mass is 10.2. The molecule has 2 nitrogen and oxygen atoms in total. The van der Waals surface area contributed by atoms with Gasteiger partial charge in [-0.15, -0.1) is 0 Å². The molecule has 1 aromatic carbocycles. The predicted octanol–water partition coefficient (Wildman–Crippen LogP) is 3.95. The number of benzene rings is 1. The average Bonchev–Trinajstić information content (AvgIpc) is 2.78. The minimum atomic E-state index is -0.165. The van der Waals surface area contributed by atoms with Crippen LogP contribution < -0.4 is 4.67 Å². The first kappa shape index (κ1) is 13.0. The van der Waals surface area contributed by atoms with Crippen LogP contribution in [-0.4, -0.2) is 11.2 Å². The number of nitrogens with zero attached hydrogens (tertiary/aromatic N) is 1. The molecule has 0 spiro atoms. The van der Waals surface area contributed by atoms with Gasteiger partial charge in [0.2, 0.25) is 0 Å². The molecule has 0 aliphatic heterocycles. The third-order valence-electron chi connectivity index (χ3n) is 1.95. The molecule has 2 aromatic rings. The number of hydrogen-bond acceptors (Lipinski definition) is 3. The number of carbonyl (C=O) groups excluding carboxylic acids is 1. The highest BCUT2D eigenvalue weighted by Crippen LogP contribution is 2.26. The van der Waals surface area contributed by atoms with Gasteiger partial charge in [-0.25, -0.2) is 4.99 Å². The Balaban J connectivity index is 2.33. The Morgan fingerprint density at radius 2 is 2.00 bits per heavy atom. The van der Waals surface area contributed by atoms with E-state index in [9.17, 15) is 4.79 Å². The summed E-state index contributed by atoms with van der Waals surface area (Å²) in [7, 11) is 3.09. The van der Waals surface area contributed by atoms with Crippen molar-refractivity contribution in [3.63, 3.8) is 0 Å². The van der Waals surface area contributed by atoms with Gasteiger partial charge in [0.05, 0.1) is 5.33 Å². The minimum Gasteiger partial charge on any atom is -0.272 e. The highest BCUT2D eigenvalue weighted by Gasteiger charge is 2.02. The molecule has 1 heterocycles. The number of alkyl halides is 1. The normalized spacial score (nSPS) is 11.8. The summed E-state index contributed by atoms with van der Waals surface area (Å²) in [5, 5.41) is 0.972. The standard InChI is InChI=1S/C11H7BrClNOS2/c12-6-10(15)14-11-5-9(16-17-11)7-1-3-8(13)4-2-7/h1-5H,6H2. The minimum absolute atomic E-state index is 0.165. The lowest BCUT2D eigenvalue weighted by molar-refractivity contribution is -0.115. The molecular weight excluding hydrogens is 342 g/mol. The van der Waals surface area contributed by atoms with Gasteiger partial charge >= 0.3 is 0 Å². The van der Waals surface area contributed by atoms with E-state index in [1.165, 1.54) is 10.3 Å². The fraction of sp³-hybridized carbons (Fsp3) is 0.0909. The zero-order valence-corrected chi connectivity index (χ0v) is 12.5. The van der Waals surface area contributed by atoms with Crippen molar-refractivity contribution >= 4 is 54.1 Å². The molecule has 6 heteroatoms. The molecule has 0 saturated heterocycles. The third kappa shape index (κ3) is 3.48. The van der Waals surface area contributed by atoms with Crippen molar-refractivity contribution in [2.45, 2.75) is 0 Å².